The van der Waals surface area contributed by atoms with Crippen molar-refractivity contribution >= 4 is 11.9 Å². The molecule has 2 unspecified atom stereocenters. The number of hydrogen-bond acceptors (Lipinski definition) is 4. The molecule has 0 saturated carbocycles. The van der Waals surface area contributed by atoms with Gasteiger partial charge in [-0.15, -0.1) is 0 Å². The summed E-state index contributed by atoms with van der Waals surface area (Å²) in [7, 11) is 0. The van der Waals surface area contributed by atoms with Gasteiger partial charge in [0.05, 0.1) is 18.6 Å². The third-order valence-corrected chi connectivity index (χ3v) is 3.81. The van der Waals surface area contributed by atoms with Crippen LogP contribution in [0.15, 0.2) is 0 Å². The van der Waals surface area contributed by atoms with E-state index in [2.05, 4.69) is 0 Å². The van der Waals surface area contributed by atoms with Crippen molar-refractivity contribution in [3.63, 3.8) is 0 Å². The lowest BCUT2D eigenvalue weighted by atomic mass is 9.95. The van der Waals surface area contributed by atoms with Gasteiger partial charge in [0.15, 0.2) is 0 Å². The Balaban J connectivity index is 3.50. The molecule has 0 aliphatic rings. The van der Waals surface area contributed by atoms with Gasteiger partial charge in [0.2, 0.25) is 0 Å². The summed E-state index contributed by atoms with van der Waals surface area (Å²) >= 11 is 0. The van der Waals surface area contributed by atoms with Crippen molar-refractivity contribution in [3.05, 3.63) is 0 Å². The topological polar surface area (TPSA) is 115 Å². The van der Waals surface area contributed by atoms with E-state index in [-0.39, 0.29) is 12.8 Å². The maximum Gasteiger partial charge on any atom is 0.306 e. The number of carbonyl (C=O) groups is 2. The third-order valence-electron chi connectivity index (χ3n) is 3.81. The standard InChI is InChI=1S/C16H30O6/c17-12-14(18)11-13(16(21)22)9-7-5-3-1-2-4-6-8-10-15(19)20/h13-14,17-18H,1-12H2,(H,19,20)(H,21,22). The minimum absolute atomic E-state index is 0.107. The SMILES string of the molecule is O=C(O)CCCCCCCCCCC(CC(O)CO)C(=O)O. The van der Waals surface area contributed by atoms with Crippen molar-refractivity contribution in [2.45, 2.75) is 76.7 Å². The van der Waals surface area contributed by atoms with Gasteiger partial charge in [0.25, 0.3) is 0 Å². The molecule has 0 spiro atoms. The van der Waals surface area contributed by atoms with Crippen LogP contribution in [0.25, 0.3) is 0 Å². The Morgan fingerprint density at radius 2 is 1.32 bits per heavy atom. The van der Waals surface area contributed by atoms with Crippen LogP contribution in [0.2, 0.25) is 0 Å². The molecule has 0 saturated heterocycles. The van der Waals surface area contributed by atoms with E-state index in [1.54, 1.807) is 0 Å². The summed E-state index contributed by atoms with van der Waals surface area (Å²) in [6, 6.07) is 0. The summed E-state index contributed by atoms with van der Waals surface area (Å²) in [5, 5.41) is 35.6. The fourth-order valence-electron chi connectivity index (χ4n) is 2.47. The first kappa shape index (κ1) is 20.9. The second kappa shape index (κ2) is 13.5. The monoisotopic (exact) mass is 318 g/mol. The minimum Gasteiger partial charge on any atom is -0.481 e. The van der Waals surface area contributed by atoms with Crippen molar-refractivity contribution < 1.29 is 30.0 Å². The Morgan fingerprint density at radius 1 is 0.818 bits per heavy atom. The van der Waals surface area contributed by atoms with Gasteiger partial charge in [-0.3, -0.25) is 9.59 Å². The van der Waals surface area contributed by atoms with Crippen LogP contribution >= 0.6 is 0 Å². The van der Waals surface area contributed by atoms with Gasteiger partial charge in [0, 0.05) is 6.42 Å². The van der Waals surface area contributed by atoms with Crippen LogP contribution in [0.3, 0.4) is 0 Å². The van der Waals surface area contributed by atoms with E-state index < -0.39 is 30.6 Å². The number of carboxylic acid groups (broad SMARTS) is 2. The zero-order chi connectivity index (χ0) is 16.8. The molecule has 22 heavy (non-hydrogen) atoms. The van der Waals surface area contributed by atoms with Crippen LogP contribution in [-0.4, -0.2) is 45.1 Å². The van der Waals surface area contributed by atoms with Crippen LogP contribution in [-0.2, 0) is 9.59 Å². The van der Waals surface area contributed by atoms with Crippen molar-refractivity contribution in [1.82, 2.24) is 0 Å². The van der Waals surface area contributed by atoms with Gasteiger partial charge >= 0.3 is 11.9 Å². The number of aliphatic carboxylic acids is 2. The Hall–Kier alpha value is -1.14. The normalized spacial score (nSPS) is 13.7. The molecule has 0 rings (SSSR count). The fraction of sp³-hybridized carbons (Fsp3) is 0.875. The summed E-state index contributed by atoms with van der Waals surface area (Å²) in [6.07, 6.45) is 7.68. The quantitative estimate of drug-likeness (QED) is 0.345. The first-order chi connectivity index (χ1) is 10.5. The van der Waals surface area contributed by atoms with Crippen molar-refractivity contribution in [3.8, 4) is 0 Å². The van der Waals surface area contributed by atoms with E-state index in [1.807, 2.05) is 0 Å². The van der Waals surface area contributed by atoms with Crippen LogP contribution < -0.4 is 0 Å². The molecular weight excluding hydrogens is 288 g/mol. The average Bonchev–Trinajstić information content (AvgIpc) is 2.47. The molecule has 0 fully saturated rings. The highest BCUT2D eigenvalue weighted by atomic mass is 16.4. The first-order valence-electron chi connectivity index (χ1n) is 8.21. The van der Waals surface area contributed by atoms with Gasteiger partial charge in [-0.1, -0.05) is 44.9 Å². The molecule has 130 valence electrons. The van der Waals surface area contributed by atoms with Crippen molar-refractivity contribution in [2.75, 3.05) is 6.61 Å². The molecule has 4 N–H and O–H groups in total. The lowest BCUT2D eigenvalue weighted by molar-refractivity contribution is -0.143. The summed E-state index contributed by atoms with van der Waals surface area (Å²) in [4.78, 5) is 21.4. The summed E-state index contributed by atoms with van der Waals surface area (Å²) in [5.41, 5.74) is 0. The number of aliphatic hydroxyl groups is 2. The molecule has 6 heteroatoms. The Bertz CT molecular complexity index is 305. The van der Waals surface area contributed by atoms with Gasteiger partial charge in [-0.25, -0.2) is 0 Å². The van der Waals surface area contributed by atoms with Crippen LogP contribution in [0.5, 0.6) is 0 Å². The van der Waals surface area contributed by atoms with Crippen molar-refractivity contribution in [2.24, 2.45) is 5.92 Å². The number of carboxylic acids is 2. The molecule has 0 amide bonds. The summed E-state index contributed by atoms with van der Waals surface area (Å²) in [5.74, 6) is -2.23. The molecule has 6 nitrogen and oxygen atoms in total. The second-order valence-electron chi connectivity index (χ2n) is 5.87. The van der Waals surface area contributed by atoms with Crippen LogP contribution in [0, 0.1) is 5.92 Å². The number of unbranched alkanes of at least 4 members (excludes halogenated alkanes) is 7. The Labute approximate surface area is 132 Å². The molecule has 0 aliphatic heterocycles. The predicted octanol–water partition coefficient (Wildman–Crippen LogP) is 2.42. The van der Waals surface area contributed by atoms with E-state index >= 15 is 0 Å². The van der Waals surface area contributed by atoms with Crippen molar-refractivity contribution in [1.29, 1.82) is 0 Å². The molecule has 0 heterocycles. The second-order valence-corrected chi connectivity index (χ2v) is 5.87. The molecule has 0 bridgehead atoms. The first-order valence-corrected chi connectivity index (χ1v) is 8.21. The lowest BCUT2D eigenvalue weighted by Crippen LogP contribution is -2.23. The molecule has 0 aromatic heterocycles. The summed E-state index contributed by atoms with van der Waals surface area (Å²) in [6.45, 7) is -0.397. The Kier molecular flexibility index (Phi) is 12.8. The van der Waals surface area contributed by atoms with Crippen LogP contribution in [0.4, 0.5) is 0 Å². The van der Waals surface area contributed by atoms with Gasteiger partial charge in [0.1, 0.15) is 0 Å². The predicted molar refractivity (Wildman–Crippen MR) is 82.6 cm³/mol. The van der Waals surface area contributed by atoms with E-state index in [1.165, 1.54) is 0 Å². The zero-order valence-corrected chi connectivity index (χ0v) is 13.2. The highest BCUT2D eigenvalue weighted by Crippen LogP contribution is 2.17. The molecule has 0 aromatic rings. The van der Waals surface area contributed by atoms with E-state index in [0.717, 1.165) is 51.4 Å². The maximum atomic E-state index is 11.0. The molecule has 0 aliphatic carbocycles. The molecule has 2 atom stereocenters. The number of rotatable bonds is 15. The third kappa shape index (κ3) is 12.6. The largest absolute Gasteiger partial charge is 0.481 e. The number of hydrogen-bond donors (Lipinski definition) is 4. The zero-order valence-electron chi connectivity index (χ0n) is 13.2. The van der Waals surface area contributed by atoms with Crippen LogP contribution in [0.1, 0.15) is 70.6 Å². The fourth-order valence-corrected chi connectivity index (χ4v) is 2.47. The average molecular weight is 318 g/mol. The van der Waals surface area contributed by atoms with E-state index in [4.69, 9.17) is 15.3 Å². The van der Waals surface area contributed by atoms with Gasteiger partial charge in [-0.05, 0) is 19.3 Å². The maximum absolute atomic E-state index is 11.0. The lowest BCUT2D eigenvalue weighted by Gasteiger charge is -2.15. The van der Waals surface area contributed by atoms with Gasteiger partial charge < -0.3 is 20.4 Å². The number of aliphatic hydroxyl groups excluding tert-OH is 2. The minimum atomic E-state index is -0.952. The van der Waals surface area contributed by atoms with E-state index in [9.17, 15) is 14.7 Å². The molecule has 0 aromatic carbocycles. The molecule has 0 radical (unpaired) electrons. The summed E-state index contributed by atoms with van der Waals surface area (Å²) < 4.78 is 0. The smallest absolute Gasteiger partial charge is 0.306 e. The Morgan fingerprint density at radius 3 is 1.77 bits per heavy atom. The highest BCUT2D eigenvalue weighted by Gasteiger charge is 2.20. The highest BCUT2D eigenvalue weighted by molar-refractivity contribution is 5.69. The van der Waals surface area contributed by atoms with E-state index in [0.29, 0.717) is 6.42 Å². The van der Waals surface area contributed by atoms with Gasteiger partial charge in [-0.2, -0.15) is 0 Å². The molecular formula is C16H30O6.